The number of para-hydroxylation sites is 1. The number of aromatic nitrogens is 1. The first kappa shape index (κ1) is 16.2. The number of aromatic amines is 1. The minimum atomic E-state index is 0.0499. The monoisotopic (exact) mass is 357 g/mol. The third-order valence-electron chi connectivity index (χ3n) is 6.16. The number of carbonyl (C=O) groups excluding carboxylic acids is 1. The summed E-state index contributed by atoms with van der Waals surface area (Å²) in [7, 11) is 1.83. The van der Waals surface area contributed by atoms with E-state index in [4.69, 9.17) is 0 Å². The van der Waals surface area contributed by atoms with E-state index in [2.05, 4.69) is 65.0 Å². The highest BCUT2D eigenvalue weighted by atomic mass is 16.2. The fourth-order valence-electron chi connectivity index (χ4n) is 4.63. The smallest absolute Gasteiger partial charge is 0.223 e. The number of carbonyl (C=O) groups is 1. The molecule has 4 heteroatoms. The summed E-state index contributed by atoms with van der Waals surface area (Å²) in [5.74, 6) is 0.906. The number of nitrogens with one attached hydrogen (secondary N) is 2. The SMILES string of the molecule is CC(=O)N(C)c1ccc2c(c1)C1C=CCC1C(c1c[nH]c3ccccc13)N2. The summed E-state index contributed by atoms with van der Waals surface area (Å²) < 4.78 is 0. The van der Waals surface area contributed by atoms with Crippen LogP contribution in [0, 0.1) is 5.92 Å². The van der Waals surface area contributed by atoms with Gasteiger partial charge in [0.25, 0.3) is 0 Å². The summed E-state index contributed by atoms with van der Waals surface area (Å²) in [6.45, 7) is 1.60. The van der Waals surface area contributed by atoms with Gasteiger partial charge in [0.1, 0.15) is 0 Å². The number of rotatable bonds is 2. The van der Waals surface area contributed by atoms with Gasteiger partial charge in [-0.15, -0.1) is 0 Å². The molecule has 2 aromatic carbocycles. The Hall–Kier alpha value is -3.01. The summed E-state index contributed by atoms with van der Waals surface area (Å²) in [5, 5.41) is 5.08. The molecule has 1 aromatic heterocycles. The number of anilines is 2. The molecule has 3 atom stereocenters. The largest absolute Gasteiger partial charge is 0.378 e. The zero-order chi connectivity index (χ0) is 18.5. The highest BCUT2D eigenvalue weighted by Crippen LogP contribution is 2.51. The van der Waals surface area contributed by atoms with Crippen LogP contribution in [0.2, 0.25) is 0 Å². The number of allylic oxidation sites excluding steroid dienone is 2. The summed E-state index contributed by atoms with van der Waals surface area (Å²) in [6, 6.07) is 15.1. The molecule has 4 nitrogen and oxygen atoms in total. The maximum absolute atomic E-state index is 11.8. The van der Waals surface area contributed by atoms with Crippen LogP contribution in [0.3, 0.4) is 0 Å². The zero-order valence-electron chi connectivity index (χ0n) is 15.6. The van der Waals surface area contributed by atoms with Gasteiger partial charge in [-0.2, -0.15) is 0 Å². The Morgan fingerprint density at radius 3 is 2.85 bits per heavy atom. The Kier molecular flexibility index (Phi) is 3.61. The van der Waals surface area contributed by atoms with Crippen LogP contribution in [0.4, 0.5) is 11.4 Å². The summed E-state index contributed by atoms with van der Waals surface area (Å²) >= 11 is 0. The standard InChI is InChI=1S/C23H23N3O/c1-14(27)26(2)15-10-11-22-19(12-15)16-7-5-8-18(16)23(25-22)20-13-24-21-9-4-3-6-17(20)21/h3-7,9-13,16,18,23-25H,8H2,1-2H3. The second-order valence-electron chi connectivity index (χ2n) is 7.61. The van der Waals surface area contributed by atoms with Gasteiger partial charge in [-0.3, -0.25) is 4.79 Å². The lowest BCUT2D eigenvalue weighted by molar-refractivity contribution is -0.116. The Bertz CT molecular complexity index is 1060. The molecular formula is C23H23N3O. The fraction of sp³-hybridized carbons (Fsp3) is 0.261. The van der Waals surface area contributed by atoms with Crippen molar-refractivity contribution in [3.05, 3.63) is 71.9 Å². The molecule has 27 heavy (non-hydrogen) atoms. The van der Waals surface area contributed by atoms with E-state index in [1.165, 1.54) is 27.7 Å². The first-order valence-electron chi connectivity index (χ1n) is 9.51. The minimum Gasteiger partial charge on any atom is -0.378 e. The highest BCUT2D eigenvalue weighted by Gasteiger charge is 2.39. The van der Waals surface area contributed by atoms with Crippen LogP contribution in [-0.4, -0.2) is 17.9 Å². The first-order chi connectivity index (χ1) is 13.1. The minimum absolute atomic E-state index is 0.0499. The van der Waals surface area contributed by atoms with E-state index >= 15 is 0 Å². The maximum atomic E-state index is 11.8. The number of fused-ring (bicyclic) bond motifs is 4. The van der Waals surface area contributed by atoms with E-state index in [9.17, 15) is 4.79 Å². The van der Waals surface area contributed by atoms with Gasteiger partial charge in [0.15, 0.2) is 0 Å². The van der Waals surface area contributed by atoms with Gasteiger partial charge in [0, 0.05) is 48.4 Å². The van der Waals surface area contributed by atoms with Crippen LogP contribution < -0.4 is 10.2 Å². The molecule has 0 spiro atoms. The molecule has 2 heterocycles. The van der Waals surface area contributed by atoms with Crippen molar-refractivity contribution < 1.29 is 4.79 Å². The molecule has 0 saturated carbocycles. The van der Waals surface area contributed by atoms with Gasteiger partial charge in [0.05, 0.1) is 6.04 Å². The van der Waals surface area contributed by atoms with E-state index in [1.807, 2.05) is 13.1 Å². The van der Waals surface area contributed by atoms with Gasteiger partial charge in [0.2, 0.25) is 5.91 Å². The number of amides is 1. The van der Waals surface area contributed by atoms with Gasteiger partial charge >= 0.3 is 0 Å². The lowest BCUT2D eigenvalue weighted by atomic mass is 9.77. The highest BCUT2D eigenvalue weighted by molar-refractivity contribution is 5.91. The van der Waals surface area contributed by atoms with Gasteiger partial charge in [-0.25, -0.2) is 0 Å². The van der Waals surface area contributed by atoms with E-state index in [-0.39, 0.29) is 11.9 Å². The average Bonchev–Trinajstić information content (AvgIpc) is 3.34. The molecule has 3 unspecified atom stereocenters. The van der Waals surface area contributed by atoms with Gasteiger partial charge in [-0.05, 0) is 47.7 Å². The lowest BCUT2D eigenvalue weighted by Crippen LogP contribution is -2.29. The fourth-order valence-corrected chi connectivity index (χ4v) is 4.63. The van der Waals surface area contributed by atoms with Gasteiger partial charge < -0.3 is 15.2 Å². The van der Waals surface area contributed by atoms with E-state index in [1.54, 1.807) is 11.8 Å². The van der Waals surface area contributed by atoms with Crippen LogP contribution in [0.5, 0.6) is 0 Å². The third kappa shape index (κ3) is 2.47. The van der Waals surface area contributed by atoms with Crippen molar-refractivity contribution in [3.63, 3.8) is 0 Å². The molecular weight excluding hydrogens is 334 g/mol. The van der Waals surface area contributed by atoms with E-state index < -0.39 is 0 Å². The van der Waals surface area contributed by atoms with Crippen molar-refractivity contribution in [2.24, 2.45) is 5.92 Å². The summed E-state index contributed by atoms with van der Waals surface area (Å²) in [5.41, 5.74) is 5.92. The van der Waals surface area contributed by atoms with Gasteiger partial charge in [-0.1, -0.05) is 30.4 Å². The number of benzene rings is 2. The second-order valence-corrected chi connectivity index (χ2v) is 7.61. The van der Waals surface area contributed by atoms with Crippen LogP contribution in [0.1, 0.15) is 36.4 Å². The first-order valence-corrected chi connectivity index (χ1v) is 9.51. The number of H-pyrrole nitrogens is 1. The van der Waals surface area contributed by atoms with Crippen molar-refractivity contribution in [1.82, 2.24) is 4.98 Å². The van der Waals surface area contributed by atoms with Crippen molar-refractivity contribution in [2.45, 2.75) is 25.3 Å². The van der Waals surface area contributed by atoms with Crippen LogP contribution >= 0.6 is 0 Å². The van der Waals surface area contributed by atoms with Crippen molar-refractivity contribution in [3.8, 4) is 0 Å². The molecule has 5 rings (SSSR count). The van der Waals surface area contributed by atoms with Crippen molar-refractivity contribution in [2.75, 3.05) is 17.3 Å². The molecule has 0 fully saturated rings. The number of nitrogens with zero attached hydrogens (tertiary/aromatic N) is 1. The number of hydrogen-bond acceptors (Lipinski definition) is 2. The van der Waals surface area contributed by atoms with Crippen LogP contribution in [0.15, 0.2) is 60.8 Å². The molecule has 0 saturated heterocycles. The third-order valence-corrected chi connectivity index (χ3v) is 6.16. The van der Waals surface area contributed by atoms with Crippen LogP contribution in [-0.2, 0) is 4.79 Å². The molecule has 2 N–H and O–H groups in total. The quantitative estimate of drug-likeness (QED) is 0.636. The normalized spacial score (nSPS) is 23.0. The Morgan fingerprint density at radius 1 is 1.15 bits per heavy atom. The second kappa shape index (κ2) is 6.02. The molecule has 1 aliphatic carbocycles. The van der Waals surface area contributed by atoms with E-state index in [0.717, 1.165) is 12.1 Å². The lowest BCUT2D eigenvalue weighted by Gasteiger charge is -2.37. The molecule has 0 bridgehead atoms. The molecule has 3 aromatic rings. The molecule has 1 amide bonds. The maximum Gasteiger partial charge on any atom is 0.223 e. The molecule has 136 valence electrons. The molecule has 0 radical (unpaired) electrons. The predicted molar refractivity (Wildman–Crippen MR) is 110 cm³/mol. The average molecular weight is 357 g/mol. The number of hydrogen-bond donors (Lipinski definition) is 2. The Labute approximate surface area is 158 Å². The predicted octanol–water partition coefficient (Wildman–Crippen LogP) is 4.98. The Morgan fingerprint density at radius 2 is 2.00 bits per heavy atom. The summed E-state index contributed by atoms with van der Waals surface area (Å²) in [6.07, 6.45) is 7.85. The Balaban J connectivity index is 1.59. The summed E-state index contributed by atoms with van der Waals surface area (Å²) in [4.78, 5) is 16.9. The zero-order valence-corrected chi connectivity index (χ0v) is 15.6. The van der Waals surface area contributed by atoms with Crippen molar-refractivity contribution >= 4 is 28.2 Å². The molecule has 1 aliphatic heterocycles. The van der Waals surface area contributed by atoms with Crippen molar-refractivity contribution in [1.29, 1.82) is 0 Å². The molecule has 2 aliphatic rings. The van der Waals surface area contributed by atoms with E-state index in [0.29, 0.717) is 11.8 Å². The van der Waals surface area contributed by atoms with Crippen LogP contribution in [0.25, 0.3) is 10.9 Å². The topological polar surface area (TPSA) is 48.1 Å².